The van der Waals surface area contributed by atoms with E-state index in [1.807, 2.05) is 26.0 Å². The Morgan fingerprint density at radius 2 is 1.69 bits per heavy atom. The van der Waals surface area contributed by atoms with Crippen molar-refractivity contribution in [3.05, 3.63) is 77.1 Å². The van der Waals surface area contributed by atoms with Crippen LogP contribution in [0.5, 0.6) is 0 Å². The van der Waals surface area contributed by atoms with Crippen molar-refractivity contribution >= 4 is 28.3 Å². The Bertz CT molecular complexity index is 1290. The Kier molecular flexibility index (Phi) is 5.90. The summed E-state index contributed by atoms with van der Waals surface area (Å²) in [5, 5.41) is 12.1. The van der Waals surface area contributed by atoms with Gasteiger partial charge >= 0.3 is 0 Å². The van der Waals surface area contributed by atoms with E-state index in [-0.39, 0.29) is 11.5 Å². The van der Waals surface area contributed by atoms with Gasteiger partial charge in [0.15, 0.2) is 0 Å². The lowest BCUT2D eigenvalue weighted by molar-refractivity contribution is 0.102. The van der Waals surface area contributed by atoms with E-state index in [4.69, 9.17) is 0 Å². The number of hydrogen-bond acceptors (Lipinski definition) is 4. The molecule has 3 aromatic carbocycles. The van der Waals surface area contributed by atoms with Gasteiger partial charge in [-0.15, -0.1) is 10.2 Å². The second-order valence-electron chi connectivity index (χ2n) is 7.75. The Labute approximate surface area is 186 Å². The molecule has 0 radical (unpaired) electrons. The van der Waals surface area contributed by atoms with Crippen molar-refractivity contribution in [3.8, 4) is 5.69 Å². The van der Waals surface area contributed by atoms with E-state index in [0.717, 1.165) is 35.4 Å². The van der Waals surface area contributed by atoms with Gasteiger partial charge in [0.2, 0.25) is 0 Å². The quantitative estimate of drug-likeness (QED) is 0.451. The van der Waals surface area contributed by atoms with Gasteiger partial charge in [-0.1, -0.05) is 6.07 Å². The molecule has 6 nitrogen and oxygen atoms in total. The summed E-state index contributed by atoms with van der Waals surface area (Å²) in [5.41, 5.74) is 6.28. The van der Waals surface area contributed by atoms with E-state index in [0.29, 0.717) is 11.2 Å². The molecular weight excluding hydrogens is 405 g/mol. The van der Waals surface area contributed by atoms with Crippen molar-refractivity contribution in [2.75, 3.05) is 23.3 Å². The van der Waals surface area contributed by atoms with Crippen molar-refractivity contribution < 1.29 is 9.18 Å². The van der Waals surface area contributed by atoms with Crippen LogP contribution >= 0.6 is 0 Å². The van der Waals surface area contributed by atoms with Crippen molar-refractivity contribution in [2.45, 2.75) is 27.7 Å². The SMILES string of the molecule is CCN(CC)c1ccc(-n2nc3cc(C)c(NC(=O)c4cccc(F)c4)cc3n2)c(C)c1. The number of benzene rings is 3. The molecule has 1 amide bonds. The zero-order valence-electron chi connectivity index (χ0n) is 18.7. The number of aromatic nitrogens is 3. The molecule has 0 saturated carbocycles. The number of halogens is 1. The lowest BCUT2D eigenvalue weighted by atomic mass is 10.1. The summed E-state index contributed by atoms with van der Waals surface area (Å²) < 4.78 is 13.5. The van der Waals surface area contributed by atoms with E-state index in [1.165, 1.54) is 23.9 Å². The van der Waals surface area contributed by atoms with Crippen LogP contribution in [0.25, 0.3) is 16.7 Å². The first-order valence-electron chi connectivity index (χ1n) is 10.7. The molecule has 164 valence electrons. The third kappa shape index (κ3) is 4.19. The number of amides is 1. The summed E-state index contributed by atoms with van der Waals surface area (Å²) in [7, 11) is 0. The van der Waals surface area contributed by atoms with Crippen LogP contribution in [0.15, 0.2) is 54.6 Å². The second-order valence-corrected chi connectivity index (χ2v) is 7.75. The molecule has 0 fully saturated rings. The van der Waals surface area contributed by atoms with Gasteiger partial charge in [0.05, 0.1) is 5.69 Å². The highest BCUT2D eigenvalue weighted by Gasteiger charge is 2.14. The molecule has 0 aliphatic carbocycles. The van der Waals surface area contributed by atoms with Crippen molar-refractivity contribution in [2.24, 2.45) is 0 Å². The minimum atomic E-state index is -0.449. The van der Waals surface area contributed by atoms with Crippen molar-refractivity contribution in [1.82, 2.24) is 15.0 Å². The lowest BCUT2D eigenvalue weighted by Gasteiger charge is -2.22. The Morgan fingerprint density at radius 3 is 2.34 bits per heavy atom. The first kappa shape index (κ1) is 21.5. The Morgan fingerprint density at radius 1 is 0.969 bits per heavy atom. The van der Waals surface area contributed by atoms with E-state index in [2.05, 4.69) is 46.4 Å². The summed E-state index contributed by atoms with van der Waals surface area (Å²) in [6.07, 6.45) is 0. The molecule has 32 heavy (non-hydrogen) atoms. The van der Waals surface area contributed by atoms with Gasteiger partial charge in [-0.2, -0.15) is 4.80 Å². The molecule has 0 saturated heterocycles. The molecule has 7 heteroatoms. The average Bonchev–Trinajstić information content (AvgIpc) is 3.17. The van der Waals surface area contributed by atoms with Crippen LogP contribution < -0.4 is 10.2 Å². The number of carbonyl (C=O) groups excluding carboxylic acids is 1. The van der Waals surface area contributed by atoms with Crippen LogP contribution in [0.2, 0.25) is 0 Å². The predicted octanol–water partition coefficient (Wildman–Crippen LogP) is 5.27. The van der Waals surface area contributed by atoms with E-state index < -0.39 is 5.82 Å². The maximum Gasteiger partial charge on any atom is 0.255 e. The molecule has 0 aliphatic heterocycles. The van der Waals surface area contributed by atoms with Crippen molar-refractivity contribution in [3.63, 3.8) is 0 Å². The zero-order valence-corrected chi connectivity index (χ0v) is 18.7. The van der Waals surface area contributed by atoms with Gasteiger partial charge < -0.3 is 10.2 Å². The van der Waals surface area contributed by atoms with Gasteiger partial charge in [0.25, 0.3) is 5.91 Å². The van der Waals surface area contributed by atoms with Crippen LogP contribution in [-0.2, 0) is 0 Å². The van der Waals surface area contributed by atoms with E-state index >= 15 is 0 Å². The van der Waals surface area contributed by atoms with Gasteiger partial charge in [-0.25, -0.2) is 4.39 Å². The molecule has 4 aromatic rings. The first-order valence-corrected chi connectivity index (χ1v) is 10.7. The fourth-order valence-electron chi connectivity index (χ4n) is 3.78. The van der Waals surface area contributed by atoms with Gasteiger partial charge in [-0.3, -0.25) is 4.79 Å². The second kappa shape index (κ2) is 8.78. The minimum absolute atomic E-state index is 0.261. The molecule has 0 unspecified atom stereocenters. The van der Waals surface area contributed by atoms with Crippen LogP contribution in [0.4, 0.5) is 15.8 Å². The third-order valence-corrected chi connectivity index (χ3v) is 5.59. The number of fused-ring (bicyclic) bond motifs is 1. The number of nitrogens with one attached hydrogen (secondary N) is 1. The highest BCUT2D eigenvalue weighted by Crippen LogP contribution is 2.25. The summed E-state index contributed by atoms with van der Waals surface area (Å²) in [6.45, 7) is 10.1. The zero-order chi connectivity index (χ0) is 22.8. The van der Waals surface area contributed by atoms with E-state index in [9.17, 15) is 9.18 Å². The maximum absolute atomic E-state index is 13.5. The topological polar surface area (TPSA) is 63.1 Å². The molecule has 4 rings (SSSR count). The van der Waals surface area contributed by atoms with Gasteiger partial charge in [-0.05, 0) is 87.4 Å². The number of hydrogen-bond donors (Lipinski definition) is 1. The Balaban J connectivity index is 1.65. The van der Waals surface area contributed by atoms with Crippen LogP contribution in [0.3, 0.4) is 0 Å². The molecule has 1 N–H and O–H groups in total. The Hall–Kier alpha value is -3.74. The first-order chi connectivity index (χ1) is 15.4. The highest BCUT2D eigenvalue weighted by atomic mass is 19.1. The number of rotatable bonds is 6. The lowest BCUT2D eigenvalue weighted by Crippen LogP contribution is -2.21. The normalized spacial score (nSPS) is 11.0. The third-order valence-electron chi connectivity index (χ3n) is 5.59. The molecule has 1 aromatic heterocycles. The molecular formula is C25H26FN5O. The monoisotopic (exact) mass is 431 g/mol. The number of anilines is 2. The molecule has 0 spiro atoms. The molecule has 0 atom stereocenters. The maximum atomic E-state index is 13.5. The number of aryl methyl sites for hydroxylation is 2. The summed E-state index contributed by atoms with van der Waals surface area (Å²) in [4.78, 5) is 16.5. The molecule has 0 aliphatic rings. The van der Waals surface area contributed by atoms with Crippen LogP contribution in [0.1, 0.15) is 35.3 Å². The van der Waals surface area contributed by atoms with E-state index in [1.54, 1.807) is 16.9 Å². The molecule has 1 heterocycles. The summed E-state index contributed by atoms with van der Waals surface area (Å²) in [5.74, 6) is -0.822. The number of nitrogens with zero attached hydrogens (tertiary/aromatic N) is 4. The fraction of sp³-hybridized carbons (Fsp3) is 0.240. The standard InChI is InChI=1S/C25H26FN5O/c1-5-30(6-2)20-10-11-24(17(4)12-20)31-28-22-13-16(3)21(15-23(22)29-31)27-25(32)18-8-7-9-19(26)14-18/h7-15H,5-6H2,1-4H3,(H,27,32). The minimum Gasteiger partial charge on any atom is -0.372 e. The highest BCUT2D eigenvalue weighted by molar-refractivity contribution is 6.05. The summed E-state index contributed by atoms with van der Waals surface area (Å²) >= 11 is 0. The van der Waals surface area contributed by atoms with Crippen LogP contribution in [-0.4, -0.2) is 34.0 Å². The summed E-state index contributed by atoms with van der Waals surface area (Å²) in [6, 6.07) is 15.6. The average molecular weight is 432 g/mol. The fourth-order valence-corrected chi connectivity index (χ4v) is 3.78. The van der Waals surface area contributed by atoms with Gasteiger partial charge in [0.1, 0.15) is 16.9 Å². The van der Waals surface area contributed by atoms with Gasteiger partial charge in [0, 0.05) is 30.0 Å². The van der Waals surface area contributed by atoms with Crippen LogP contribution in [0, 0.1) is 19.7 Å². The largest absolute Gasteiger partial charge is 0.372 e. The molecule has 0 bridgehead atoms. The number of carbonyl (C=O) groups is 1. The smallest absolute Gasteiger partial charge is 0.255 e. The van der Waals surface area contributed by atoms with Crippen molar-refractivity contribution in [1.29, 1.82) is 0 Å². The predicted molar refractivity (Wildman–Crippen MR) is 126 cm³/mol.